The van der Waals surface area contributed by atoms with Crippen LogP contribution in [0.5, 0.6) is 0 Å². The first-order chi connectivity index (χ1) is 10.8. The van der Waals surface area contributed by atoms with E-state index >= 15 is 0 Å². The van der Waals surface area contributed by atoms with E-state index < -0.39 is 14.2 Å². The van der Waals surface area contributed by atoms with Gasteiger partial charge in [0.05, 0.1) is 0 Å². The van der Waals surface area contributed by atoms with Crippen LogP contribution in [-0.2, 0) is 0 Å². The van der Waals surface area contributed by atoms with Crippen LogP contribution in [-0.4, -0.2) is 18.4 Å². The van der Waals surface area contributed by atoms with Crippen LogP contribution >= 0.6 is 0 Å². The predicted molar refractivity (Wildman–Crippen MR) is 94.9 cm³/mol. The van der Waals surface area contributed by atoms with Gasteiger partial charge in [-0.25, -0.2) is 0 Å². The molecule has 5 aromatic carbocycles. The number of hydrogen-bond acceptors (Lipinski definition) is 1. The van der Waals surface area contributed by atoms with Gasteiger partial charge in [0, 0.05) is 0 Å². The molecule has 103 valence electrons. The topological polar surface area (TPSA) is 20.2 Å². The van der Waals surface area contributed by atoms with E-state index in [-0.39, 0.29) is 0 Å². The summed E-state index contributed by atoms with van der Waals surface area (Å²) in [5.74, 6) is 0. The van der Waals surface area contributed by atoms with Crippen molar-refractivity contribution in [3.8, 4) is 0 Å². The second-order valence-corrected chi connectivity index (χ2v) is 9.01. The van der Waals surface area contributed by atoms with Gasteiger partial charge in [0.2, 0.25) is 0 Å². The van der Waals surface area contributed by atoms with E-state index in [9.17, 15) is 4.19 Å². The molecule has 0 unspecified atom stereocenters. The summed E-state index contributed by atoms with van der Waals surface area (Å²) in [7, 11) is 0. The van der Waals surface area contributed by atoms with E-state index in [2.05, 4.69) is 60.7 Å². The van der Waals surface area contributed by atoms with Gasteiger partial charge in [-0.05, 0) is 0 Å². The zero-order chi connectivity index (χ0) is 14.4. The summed E-state index contributed by atoms with van der Waals surface area (Å²) in [6.07, 6.45) is 0. The van der Waals surface area contributed by atoms with Crippen molar-refractivity contribution in [2.75, 3.05) is 0 Å². The maximum atomic E-state index is 10.9. The van der Waals surface area contributed by atoms with Gasteiger partial charge in [0.1, 0.15) is 0 Å². The van der Waals surface area contributed by atoms with E-state index in [0.717, 1.165) is 0 Å². The monoisotopic (exact) mass is 347 g/mol. The molecule has 0 fully saturated rings. The van der Waals surface area contributed by atoms with Crippen molar-refractivity contribution in [1.29, 1.82) is 0 Å². The van der Waals surface area contributed by atoms with Crippen LogP contribution in [0.1, 0.15) is 0 Å². The van der Waals surface area contributed by atoms with Gasteiger partial charge in [0.15, 0.2) is 0 Å². The quantitative estimate of drug-likeness (QED) is 0.259. The number of hydrogen-bond donors (Lipinski definition) is 1. The van der Waals surface area contributed by atoms with Crippen molar-refractivity contribution in [2.45, 2.75) is 0 Å². The second kappa shape index (κ2) is 3.61. The van der Waals surface area contributed by atoms with Gasteiger partial charge in [-0.15, -0.1) is 0 Å². The zero-order valence-corrected chi connectivity index (χ0v) is 13.3. The minimum atomic E-state index is -1.88. The van der Waals surface area contributed by atoms with Crippen LogP contribution in [0.4, 0.5) is 0 Å². The Kier molecular flexibility index (Phi) is 1.88. The van der Waals surface area contributed by atoms with Crippen LogP contribution in [0.15, 0.2) is 60.7 Å². The standard InChI is InChI=1S/C20H11OSe/c21-22-15-9-7-11-3-1-5-13-14-6-2-4-12-8-10-16(22)20(18(12)14)19(15)17(11)13/h1-10,21H. The van der Waals surface area contributed by atoms with E-state index in [4.69, 9.17) is 0 Å². The molecule has 1 aliphatic heterocycles. The molecule has 0 aromatic heterocycles. The number of rotatable bonds is 0. The zero-order valence-electron chi connectivity index (χ0n) is 11.6. The normalized spacial score (nSPS) is 14.4. The molecule has 0 bridgehead atoms. The molecule has 0 amide bonds. The minimum absolute atomic E-state index is 1.18. The molecular formula is C20H11OSe. The summed E-state index contributed by atoms with van der Waals surface area (Å²) in [6, 6.07) is 21.7. The average molecular weight is 346 g/mol. The molecule has 22 heavy (non-hydrogen) atoms. The van der Waals surface area contributed by atoms with Crippen molar-refractivity contribution in [3.63, 3.8) is 0 Å². The van der Waals surface area contributed by atoms with Crippen LogP contribution in [0, 0.1) is 0 Å². The Morgan fingerprint density at radius 2 is 1.05 bits per heavy atom. The molecule has 1 heterocycles. The van der Waals surface area contributed by atoms with Gasteiger partial charge in [-0.1, -0.05) is 0 Å². The van der Waals surface area contributed by atoms with Gasteiger partial charge in [0.25, 0.3) is 0 Å². The molecule has 0 saturated heterocycles. The summed E-state index contributed by atoms with van der Waals surface area (Å²) in [5, 5.41) is 10.4. The summed E-state index contributed by atoms with van der Waals surface area (Å²) < 4.78 is 13.3. The van der Waals surface area contributed by atoms with E-state index in [1.54, 1.807) is 0 Å². The molecule has 1 radical (unpaired) electrons. The predicted octanol–water partition coefficient (Wildman–Crippen LogP) is 3.15. The summed E-state index contributed by atoms with van der Waals surface area (Å²) in [4.78, 5) is 0. The first-order valence-corrected chi connectivity index (χ1v) is 9.88. The second-order valence-electron chi connectivity index (χ2n) is 5.97. The number of fused-ring (bicyclic) bond motifs is 1. The fourth-order valence-electron chi connectivity index (χ4n) is 4.11. The van der Waals surface area contributed by atoms with Gasteiger partial charge < -0.3 is 0 Å². The Hall–Kier alpha value is -2.12. The van der Waals surface area contributed by atoms with E-state index in [1.165, 1.54) is 52.0 Å². The van der Waals surface area contributed by atoms with Crippen molar-refractivity contribution in [3.05, 3.63) is 60.7 Å². The Morgan fingerprint density at radius 3 is 1.55 bits per heavy atom. The number of benzene rings is 5. The van der Waals surface area contributed by atoms with Crippen molar-refractivity contribution >= 4 is 66.2 Å². The molecule has 1 nitrogen and oxygen atoms in total. The molecule has 6 rings (SSSR count). The summed E-state index contributed by atoms with van der Waals surface area (Å²) in [5.41, 5.74) is 0. The Balaban J connectivity index is 2.16. The van der Waals surface area contributed by atoms with Crippen LogP contribution < -0.4 is 8.92 Å². The molecule has 0 atom stereocenters. The van der Waals surface area contributed by atoms with E-state index in [0.29, 0.717) is 0 Å². The third-order valence-electron chi connectivity index (χ3n) is 4.97. The van der Waals surface area contributed by atoms with Gasteiger partial charge in [-0.3, -0.25) is 0 Å². The molecule has 2 heteroatoms. The molecule has 0 spiro atoms. The summed E-state index contributed by atoms with van der Waals surface area (Å²) in [6.45, 7) is 0. The SMILES string of the molecule is O[Se]1c2ccc3cccc4c5cccc6ccc1c(c2c34)c65. The summed E-state index contributed by atoms with van der Waals surface area (Å²) >= 11 is -1.88. The fourth-order valence-corrected chi connectivity index (χ4v) is 7.10. The first kappa shape index (κ1) is 11.4. The van der Waals surface area contributed by atoms with Gasteiger partial charge in [-0.2, -0.15) is 0 Å². The van der Waals surface area contributed by atoms with Crippen LogP contribution in [0.2, 0.25) is 0 Å². The third kappa shape index (κ3) is 1.11. The van der Waals surface area contributed by atoms with Crippen LogP contribution in [0.25, 0.3) is 43.1 Å². The molecule has 0 aliphatic carbocycles. The van der Waals surface area contributed by atoms with Gasteiger partial charge >= 0.3 is 131 Å². The Morgan fingerprint density at radius 1 is 0.545 bits per heavy atom. The Bertz CT molecular complexity index is 1140. The first-order valence-electron chi connectivity index (χ1n) is 7.40. The van der Waals surface area contributed by atoms with E-state index in [1.807, 2.05) is 0 Å². The average Bonchev–Trinajstić information content (AvgIpc) is 2.87. The van der Waals surface area contributed by atoms with Crippen molar-refractivity contribution < 1.29 is 4.19 Å². The molecule has 0 saturated carbocycles. The Labute approximate surface area is 131 Å². The van der Waals surface area contributed by atoms with Crippen molar-refractivity contribution in [1.82, 2.24) is 0 Å². The maximum absolute atomic E-state index is 10.9. The molecule has 5 aromatic rings. The third-order valence-corrected chi connectivity index (χ3v) is 8.15. The fraction of sp³-hybridized carbons (Fsp3) is 0. The van der Waals surface area contributed by atoms with Crippen LogP contribution in [0.3, 0.4) is 0 Å². The molecular weight excluding hydrogens is 335 g/mol. The molecule has 1 aliphatic rings. The van der Waals surface area contributed by atoms with Crippen molar-refractivity contribution in [2.24, 2.45) is 0 Å². The molecule has 1 N–H and O–H groups in total.